The largest absolute Gasteiger partial charge is 0.481 e. The third-order valence-electron chi connectivity index (χ3n) is 10.9. The number of carbonyl (C=O) groups is 1. The van der Waals surface area contributed by atoms with Crippen molar-refractivity contribution in [2.45, 2.75) is 63.8 Å². The van der Waals surface area contributed by atoms with Gasteiger partial charge in [0.2, 0.25) is 5.91 Å². The molecular formula is C38H44F3N7O3. The Morgan fingerprint density at radius 1 is 1.08 bits per heavy atom. The molecule has 10 nitrogen and oxygen atoms in total. The molecule has 0 bridgehead atoms. The Morgan fingerprint density at radius 2 is 1.80 bits per heavy atom. The molecule has 7 rings (SSSR count). The summed E-state index contributed by atoms with van der Waals surface area (Å²) in [5.41, 5.74) is 3.55. The van der Waals surface area contributed by atoms with Gasteiger partial charge in [-0.15, -0.1) is 0 Å². The van der Waals surface area contributed by atoms with Gasteiger partial charge in [-0.1, -0.05) is 25.3 Å². The van der Waals surface area contributed by atoms with E-state index in [2.05, 4.69) is 47.3 Å². The van der Waals surface area contributed by atoms with Crippen molar-refractivity contribution in [1.82, 2.24) is 30.0 Å². The molecule has 0 atom stereocenters. The van der Waals surface area contributed by atoms with E-state index in [-0.39, 0.29) is 34.7 Å². The van der Waals surface area contributed by atoms with Gasteiger partial charge < -0.3 is 24.2 Å². The lowest BCUT2D eigenvalue weighted by Crippen LogP contribution is -2.61. The first kappa shape index (κ1) is 34.8. The summed E-state index contributed by atoms with van der Waals surface area (Å²) >= 11 is 0. The number of hydrogen-bond donors (Lipinski definition) is 1. The van der Waals surface area contributed by atoms with E-state index in [1.165, 1.54) is 6.08 Å². The van der Waals surface area contributed by atoms with Crippen LogP contribution in [-0.2, 0) is 4.79 Å². The first-order valence-electron chi connectivity index (χ1n) is 17.5. The Morgan fingerprint density at radius 3 is 2.45 bits per heavy atom. The van der Waals surface area contributed by atoms with Crippen LogP contribution >= 0.6 is 0 Å². The van der Waals surface area contributed by atoms with E-state index in [1.54, 1.807) is 12.3 Å². The maximum atomic E-state index is 13.9. The van der Waals surface area contributed by atoms with Gasteiger partial charge in [0.15, 0.2) is 12.4 Å². The van der Waals surface area contributed by atoms with Gasteiger partial charge in [-0.25, -0.2) is 0 Å². The second-order valence-corrected chi connectivity index (χ2v) is 14.5. The minimum absolute atomic E-state index is 0.00704. The van der Waals surface area contributed by atoms with Crippen molar-refractivity contribution in [2.75, 3.05) is 51.8 Å². The van der Waals surface area contributed by atoms with Crippen molar-refractivity contribution in [1.29, 1.82) is 0 Å². The van der Waals surface area contributed by atoms with Crippen molar-refractivity contribution in [3.63, 3.8) is 0 Å². The molecule has 2 aromatic carbocycles. The number of aromatic nitrogens is 4. The molecule has 3 fully saturated rings. The molecule has 0 unspecified atom stereocenters. The average Bonchev–Trinajstić information content (AvgIpc) is 3.58. The number of H-pyrrole nitrogens is 1. The van der Waals surface area contributed by atoms with Gasteiger partial charge in [0.25, 0.3) is 0 Å². The second kappa shape index (κ2) is 13.5. The third-order valence-corrected chi connectivity index (χ3v) is 10.9. The standard InChI is InChI=1S/C38H44F3N7O3/c1-6-24-18-27-33(34(50-22-38(39,40)41)32(24)31-23(3)8-13-29-28(31)19-42-45-29)43-36(51-26-11-9-25(10-12-26)46(4)5)44-35(27)47-16-14-37(15-17-47)20-48(21-37)30(49)7-2/h6-8,13,18-19,25-26H,1-2,9-12,14-17,20-22H2,3-5H3,(H,42,45)/t25-,26+. The second-order valence-electron chi connectivity index (χ2n) is 14.5. The average molecular weight is 704 g/mol. The van der Waals surface area contributed by atoms with E-state index in [1.807, 2.05) is 30.0 Å². The number of amides is 1. The van der Waals surface area contributed by atoms with E-state index < -0.39 is 12.8 Å². The van der Waals surface area contributed by atoms with Crippen LogP contribution in [0.25, 0.3) is 39.0 Å². The summed E-state index contributed by atoms with van der Waals surface area (Å²) in [7, 11) is 4.16. The summed E-state index contributed by atoms with van der Waals surface area (Å²) in [4.78, 5) is 28.2. The number of benzene rings is 2. The number of aryl methyl sites for hydroxylation is 1. The van der Waals surface area contributed by atoms with Crippen LogP contribution in [-0.4, -0.2) is 101 Å². The highest BCUT2D eigenvalue weighted by Crippen LogP contribution is 2.48. The third kappa shape index (κ3) is 6.75. The van der Waals surface area contributed by atoms with Gasteiger partial charge >= 0.3 is 12.2 Å². The van der Waals surface area contributed by atoms with E-state index in [9.17, 15) is 18.0 Å². The number of carbonyl (C=O) groups excluding carboxylic acids is 1. The Labute approximate surface area is 295 Å². The fraction of sp³-hybridized carbons (Fsp3) is 0.474. The number of likely N-dealkylation sites (tertiary alicyclic amines) is 1. The number of fused-ring (bicyclic) bond motifs is 2. The number of halogens is 3. The molecule has 1 spiro atoms. The van der Waals surface area contributed by atoms with Gasteiger partial charge in [-0.05, 0) is 94.4 Å². The maximum absolute atomic E-state index is 13.9. The smallest absolute Gasteiger partial charge is 0.422 e. The van der Waals surface area contributed by atoms with Crippen LogP contribution < -0.4 is 14.4 Å². The van der Waals surface area contributed by atoms with Gasteiger partial charge in [-0.3, -0.25) is 9.89 Å². The first-order chi connectivity index (χ1) is 24.4. The highest BCUT2D eigenvalue weighted by atomic mass is 19.4. The number of nitrogens with zero attached hydrogens (tertiary/aromatic N) is 6. The number of rotatable bonds is 9. The fourth-order valence-electron chi connectivity index (χ4n) is 8.07. The van der Waals surface area contributed by atoms with Gasteiger partial charge in [0, 0.05) is 54.0 Å². The predicted octanol–water partition coefficient (Wildman–Crippen LogP) is 6.93. The molecule has 2 saturated heterocycles. The summed E-state index contributed by atoms with van der Waals surface area (Å²) < 4.78 is 54.1. The van der Waals surface area contributed by atoms with Crippen LogP contribution in [0.4, 0.5) is 19.0 Å². The summed E-state index contributed by atoms with van der Waals surface area (Å²) in [6.07, 6.45) is 5.11. The molecule has 2 aliphatic heterocycles. The monoisotopic (exact) mass is 703 g/mol. The van der Waals surface area contributed by atoms with Gasteiger partial charge in [0.1, 0.15) is 17.4 Å². The Hall–Kier alpha value is -4.65. The summed E-state index contributed by atoms with van der Waals surface area (Å²) in [5, 5.41) is 8.49. The number of alkyl halides is 3. The molecule has 1 amide bonds. The Balaban J connectivity index is 1.36. The zero-order chi connectivity index (χ0) is 36.1. The first-order valence-corrected chi connectivity index (χ1v) is 17.5. The quantitative estimate of drug-likeness (QED) is 0.188. The maximum Gasteiger partial charge on any atom is 0.422 e. The minimum Gasteiger partial charge on any atom is -0.481 e. The van der Waals surface area contributed by atoms with Crippen LogP contribution in [0.15, 0.2) is 43.6 Å². The van der Waals surface area contributed by atoms with Gasteiger partial charge in [-0.2, -0.15) is 28.2 Å². The summed E-state index contributed by atoms with van der Waals surface area (Å²) in [5.74, 6) is 0.508. The summed E-state index contributed by atoms with van der Waals surface area (Å²) in [6, 6.07) is 6.26. The lowest BCUT2D eigenvalue weighted by atomic mass is 9.72. The zero-order valence-corrected chi connectivity index (χ0v) is 29.4. The molecule has 0 radical (unpaired) electrons. The molecule has 4 heterocycles. The van der Waals surface area contributed by atoms with Crippen LogP contribution in [0.1, 0.15) is 49.7 Å². The van der Waals surface area contributed by atoms with Crippen LogP contribution in [0.3, 0.4) is 0 Å². The molecule has 1 N–H and O–H groups in total. The van der Waals surface area contributed by atoms with Crippen LogP contribution in [0.5, 0.6) is 11.8 Å². The molecule has 1 aliphatic carbocycles. The molecule has 2 aromatic heterocycles. The number of piperidine rings is 1. The summed E-state index contributed by atoms with van der Waals surface area (Å²) in [6.45, 7) is 10.7. The van der Waals surface area contributed by atoms with Crippen molar-refractivity contribution < 1.29 is 27.4 Å². The van der Waals surface area contributed by atoms with E-state index in [0.29, 0.717) is 60.1 Å². The topological polar surface area (TPSA) is 99.7 Å². The van der Waals surface area contributed by atoms with Crippen LogP contribution in [0.2, 0.25) is 0 Å². The molecule has 1 saturated carbocycles. The zero-order valence-electron chi connectivity index (χ0n) is 29.4. The van der Waals surface area contributed by atoms with Crippen molar-refractivity contribution in [3.05, 3.63) is 54.8 Å². The molecular weight excluding hydrogens is 659 g/mol. The van der Waals surface area contributed by atoms with Crippen LogP contribution in [0, 0.1) is 12.3 Å². The predicted molar refractivity (Wildman–Crippen MR) is 192 cm³/mol. The highest BCUT2D eigenvalue weighted by Gasteiger charge is 2.46. The Kier molecular flexibility index (Phi) is 9.19. The normalized spacial score (nSPS) is 20.5. The van der Waals surface area contributed by atoms with E-state index in [4.69, 9.17) is 19.4 Å². The van der Waals surface area contributed by atoms with E-state index in [0.717, 1.165) is 55.0 Å². The van der Waals surface area contributed by atoms with Gasteiger partial charge in [0.05, 0.1) is 11.7 Å². The minimum atomic E-state index is -4.60. The molecule has 13 heteroatoms. The number of hydrogen-bond acceptors (Lipinski definition) is 8. The number of ether oxygens (including phenoxy) is 2. The van der Waals surface area contributed by atoms with Crippen molar-refractivity contribution >= 4 is 39.6 Å². The lowest BCUT2D eigenvalue weighted by Gasteiger charge is -2.54. The number of nitrogens with one attached hydrogen (secondary N) is 1. The highest BCUT2D eigenvalue weighted by molar-refractivity contribution is 6.07. The Bertz CT molecular complexity index is 1970. The van der Waals surface area contributed by atoms with Crippen molar-refractivity contribution in [3.8, 4) is 22.9 Å². The fourth-order valence-corrected chi connectivity index (χ4v) is 8.07. The molecule has 3 aliphatic rings. The van der Waals surface area contributed by atoms with E-state index >= 15 is 0 Å². The molecule has 270 valence electrons. The number of anilines is 1. The number of aromatic amines is 1. The lowest BCUT2D eigenvalue weighted by molar-refractivity contribution is -0.153. The molecule has 4 aromatic rings. The SMILES string of the molecule is C=CC(=O)N1CC2(CCN(c3nc(O[C@H]4CC[C@@H](N(C)C)CC4)nc4c(OCC(F)(F)F)c(-c5c(C)ccc6[nH]ncc56)c(C=C)cc34)CC2)C1. The molecule has 51 heavy (non-hydrogen) atoms. The van der Waals surface area contributed by atoms with Crippen molar-refractivity contribution in [2.24, 2.45) is 5.41 Å².